The van der Waals surface area contributed by atoms with Crippen molar-refractivity contribution in [1.82, 2.24) is 5.32 Å². The number of nitrogens with zero attached hydrogens (tertiary/aromatic N) is 1. The smallest absolute Gasteiger partial charge is 0.270 e. The van der Waals surface area contributed by atoms with E-state index in [1.54, 1.807) is 43.3 Å². The molecule has 1 N–H and O–H groups in total. The third kappa shape index (κ3) is 4.15. The molecular weight excluding hydrogens is 360 g/mol. The molecule has 130 valence electrons. The number of hydrogen-bond donors (Lipinski definition) is 1. The molecule has 0 bridgehead atoms. The number of amides is 2. The van der Waals surface area contributed by atoms with Gasteiger partial charge in [0.1, 0.15) is 17.1 Å². The highest BCUT2D eigenvalue weighted by Gasteiger charge is 2.34. The summed E-state index contributed by atoms with van der Waals surface area (Å²) >= 11 is 11.0. The van der Waals surface area contributed by atoms with Gasteiger partial charge in [0.15, 0.2) is 5.11 Å². The molecule has 1 aliphatic heterocycles. The van der Waals surface area contributed by atoms with Crippen molar-refractivity contribution < 1.29 is 14.0 Å². The Hall–Kier alpha value is -2.44. The summed E-state index contributed by atoms with van der Waals surface area (Å²) in [5.74, 6) is 0.0323. The summed E-state index contributed by atoms with van der Waals surface area (Å²) in [6, 6.07) is 10.0. The number of carbonyl (C=O) groups excluding carboxylic acids is 2. The predicted molar refractivity (Wildman–Crippen MR) is 102 cm³/mol. The van der Waals surface area contributed by atoms with Gasteiger partial charge in [-0.3, -0.25) is 19.8 Å². The first-order valence-corrected chi connectivity index (χ1v) is 8.48. The van der Waals surface area contributed by atoms with Gasteiger partial charge in [-0.2, -0.15) is 0 Å². The molecule has 2 aromatic rings. The zero-order valence-corrected chi connectivity index (χ0v) is 15.6. The Balaban J connectivity index is 0.00000109. The monoisotopic (exact) mass is 376 g/mol. The Kier molecular flexibility index (Phi) is 6.12. The maximum Gasteiger partial charge on any atom is 0.270 e. The molecule has 1 saturated heterocycles. The van der Waals surface area contributed by atoms with Crippen molar-refractivity contribution in [2.45, 2.75) is 20.8 Å². The summed E-state index contributed by atoms with van der Waals surface area (Å²) in [6.07, 6.45) is 1.40. The second-order valence-corrected chi connectivity index (χ2v) is 5.71. The minimum absolute atomic E-state index is 0.0232. The Labute approximate surface area is 156 Å². The number of nitrogens with one attached hydrogen (secondary N) is 1. The van der Waals surface area contributed by atoms with Gasteiger partial charge in [0.05, 0.1) is 5.69 Å². The molecule has 2 heterocycles. The van der Waals surface area contributed by atoms with Crippen LogP contribution in [-0.2, 0) is 9.59 Å². The Bertz CT molecular complexity index is 840. The van der Waals surface area contributed by atoms with E-state index in [1.807, 2.05) is 13.8 Å². The molecule has 0 saturated carbocycles. The van der Waals surface area contributed by atoms with Crippen molar-refractivity contribution in [3.05, 3.63) is 58.5 Å². The number of aryl methyl sites for hydroxylation is 1. The van der Waals surface area contributed by atoms with Crippen LogP contribution in [0, 0.1) is 6.92 Å². The summed E-state index contributed by atoms with van der Waals surface area (Å²) in [4.78, 5) is 26.0. The van der Waals surface area contributed by atoms with Gasteiger partial charge in [-0.1, -0.05) is 25.4 Å². The maximum absolute atomic E-state index is 12.7. The van der Waals surface area contributed by atoms with Crippen LogP contribution in [0.15, 0.2) is 46.4 Å². The molecule has 0 unspecified atom stereocenters. The van der Waals surface area contributed by atoms with Gasteiger partial charge in [-0.05, 0) is 61.6 Å². The molecule has 25 heavy (non-hydrogen) atoms. The Morgan fingerprint density at radius 2 is 1.76 bits per heavy atom. The maximum atomic E-state index is 12.7. The van der Waals surface area contributed by atoms with Crippen molar-refractivity contribution in [2.75, 3.05) is 4.90 Å². The van der Waals surface area contributed by atoms with Gasteiger partial charge in [0.25, 0.3) is 11.8 Å². The number of anilines is 1. The molecule has 1 fully saturated rings. The fourth-order valence-corrected chi connectivity index (χ4v) is 2.56. The molecule has 3 rings (SSSR count). The lowest BCUT2D eigenvalue weighted by molar-refractivity contribution is -0.122. The van der Waals surface area contributed by atoms with E-state index in [-0.39, 0.29) is 10.7 Å². The SMILES string of the molecule is CC.Cc1ccc(/C=C2\C(=O)NC(=S)N(c3ccc(Cl)cc3)C2=O)o1. The fraction of sp³-hybridized carbons (Fsp3) is 0.167. The highest BCUT2D eigenvalue weighted by molar-refractivity contribution is 7.80. The molecule has 2 amide bonds. The summed E-state index contributed by atoms with van der Waals surface area (Å²) in [5.41, 5.74) is 0.467. The zero-order valence-electron chi connectivity index (χ0n) is 14.0. The van der Waals surface area contributed by atoms with Crippen LogP contribution >= 0.6 is 23.8 Å². The van der Waals surface area contributed by atoms with Crippen LogP contribution in [0.2, 0.25) is 5.02 Å². The second kappa shape index (κ2) is 8.09. The molecule has 0 aliphatic carbocycles. The average molecular weight is 377 g/mol. The first-order chi connectivity index (χ1) is 12.0. The van der Waals surface area contributed by atoms with Gasteiger partial charge >= 0.3 is 0 Å². The third-order valence-electron chi connectivity index (χ3n) is 3.23. The second-order valence-electron chi connectivity index (χ2n) is 4.88. The van der Waals surface area contributed by atoms with Gasteiger partial charge in [0.2, 0.25) is 0 Å². The number of furan rings is 1. The van der Waals surface area contributed by atoms with Crippen LogP contribution in [0.3, 0.4) is 0 Å². The highest BCUT2D eigenvalue weighted by Crippen LogP contribution is 2.24. The molecule has 7 heteroatoms. The molecular formula is C18H17ClN2O3S. The summed E-state index contributed by atoms with van der Waals surface area (Å²) in [5, 5.41) is 3.06. The standard InChI is InChI=1S/C16H11ClN2O3S.C2H6/c1-9-2-7-12(22-9)8-13-14(20)18-16(23)19(15(13)21)11-5-3-10(17)4-6-11;1-2/h2-8H,1H3,(H,18,20,23);1-2H3/b13-8+;. The molecule has 0 atom stereocenters. The molecule has 1 aliphatic rings. The first kappa shape index (κ1) is 18.9. The molecule has 5 nitrogen and oxygen atoms in total. The third-order valence-corrected chi connectivity index (χ3v) is 3.77. The summed E-state index contributed by atoms with van der Waals surface area (Å²) in [7, 11) is 0. The number of carbonyl (C=O) groups is 2. The van der Waals surface area contributed by atoms with Crippen molar-refractivity contribution in [2.24, 2.45) is 0 Å². The van der Waals surface area contributed by atoms with E-state index in [2.05, 4.69) is 5.32 Å². The van der Waals surface area contributed by atoms with Crippen molar-refractivity contribution >= 4 is 52.5 Å². The van der Waals surface area contributed by atoms with Crippen molar-refractivity contribution in [3.8, 4) is 0 Å². The molecule has 0 radical (unpaired) electrons. The van der Waals surface area contributed by atoms with E-state index < -0.39 is 11.8 Å². The lowest BCUT2D eigenvalue weighted by Gasteiger charge is -2.28. The Morgan fingerprint density at radius 1 is 1.12 bits per heavy atom. The topological polar surface area (TPSA) is 62.6 Å². The van der Waals surface area contributed by atoms with E-state index in [1.165, 1.54) is 11.0 Å². The first-order valence-electron chi connectivity index (χ1n) is 7.69. The number of benzene rings is 1. The van der Waals surface area contributed by atoms with Crippen molar-refractivity contribution in [3.63, 3.8) is 0 Å². The minimum atomic E-state index is -0.556. The van der Waals surface area contributed by atoms with Crippen molar-refractivity contribution in [1.29, 1.82) is 0 Å². The van der Waals surface area contributed by atoms with Gasteiger partial charge in [-0.15, -0.1) is 0 Å². The molecule has 1 aromatic heterocycles. The molecule has 1 aromatic carbocycles. The minimum Gasteiger partial charge on any atom is -0.462 e. The normalized spacial score (nSPS) is 15.8. The van der Waals surface area contributed by atoms with E-state index in [4.69, 9.17) is 28.2 Å². The lowest BCUT2D eigenvalue weighted by Crippen LogP contribution is -2.54. The number of halogens is 1. The van der Waals surface area contributed by atoms with Crippen LogP contribution < -0.4 is 10.2 Å². The Morgan fingerprint density at radius 3 is 2.32 bits per heavy atom. The van der Waals surface area contributed by atoms with Crippen LogP contribution in [0.1, 0.15) is 25.4 Å². The van der Waals surface area contributed by atoms with Crippen LogP contribution in [0.25, 0.3) is 6.08 Å². The number of hydrogen-bond acceptors (Lipinski definition) is 4. The van der Waals surface area contributed by atoms with Gasteiger partial charge in [0, 0.05) is 5.02 Å². The highest BCUT2D eigenvalue weighted by atomic mass is 35.5. The van der Waals surface area contributed by atoms with Gasteiger partial charge in [-0.25, -0.2) is 0 Å². The largest absolute Gasteiger partial charge is 0.462 e. The summed E-state index contributed by atoms with van der Waals surface area (Å²) < 4.78 is 5.39. The quantitative estimate of drug-likeness (QED) is 0.487. The van der Waals surface area contributed by atoms with Gasteiger partial charge < -0.3 is 4.42 Å². The van der Waals surface area contributed by atoms with E-state index in [9.17, 15) is 9.59 Å². The predicted octanol–water partition coefficient (Wildman–Crippen LogP) is 4.10. The van der Waals surface area contributed by atoms with Crippen LogP contribution in [0.4, 0.5) is 5.69 Å². The fourth-order valence-electron chi connectivity index (χ4n) is 2.16. The lowest BCUT2D eigenvalue weighted by atomic mass is 10.1. The number of rotatable bonds is 2. The van der Waals surface area contributed by atoms with Crippen LogP contribution in [-0.4, -0.2) is 16.9 Å². The molecule has 0 spiro atoms. The zero-order chi connectivity index (χ0) is 18.6. The summed E-state index contributed by atoms with van der Waals surface area (Å²) in [6.45, 7) is 5.78. The van der Waals surface area contributed by atoms with E-state index in [0.29, 0.717) is 22.2 Å². The van der Waals surface area contributed by atoms with Crippen LogP contribution in [0.5, 0.6) is 0 Å². The number of thiocarbonyl (C=S) groups is 1. The van der Waals surface area contributed by atoms with E-state index in [0.717, 1.165) is 0 Å². The van der Waals surface area contributed by atoms with E-state index >= 15 is 0 Å². The average Bonchev–Trinajstić information content (AvgIpc) is 3.00.